The van der Waals surface area contributed by atoms with Crippen LogP contribution in [0.1, 0.15) is 73.3 Å². The van der Waals surface area contributed by atoms with Gasteiger partial charge in [-0.2, -0.15) is 0 Å². The largest absolute Gasteiger partial charge is 0.457 e. The summed E-state index contributed by atoms with van der Waals surface area (Å²) in [5, 5.41) is 13.2. The third-order valence-corrected chi connectivity index (χ3v) is 6.24. The molecule has 1 rings (SSSR count). The molecule has 0 aliphatic heterocycles. The lowest BCUT2D eigenvalue weighted by atomic mass is 9.87. The number of nitrogens with zero attached hydrogens (tertiary/aromatic N) is 1. The van der Waals surface area contributed by atoms with Gasteiger partial charge >= 0.3 is 11.9 Å². The molecular formula is C28H46N2O6. The number of carbonyl (C=O) groups excluding carboxylic acids is 3. The number of nitrogens with one attached hydrogen (secondary N) is 1. The summed E-state index contributed by atoms with van der Waals surface area (Å²) in [5.41, 5.74) is -1.81. The average molecular weight is 507 g/mol. The molecule has 8 heteroatoms. The summed E-state index contributed by atoms with van der Waals surface area (Å²) in [7, 11) is 3.47. The van der Waals surface area contributed by atoms with E-state index in [1.54, 1.807) is 34.7 Å². The number of esters is 2. The maximum absolute atomic E-state index is 13.8. The number of ketones is 1. The van der Waals surface area contributed by atoms with Crippen molar-refractivity contribution in [2.24, 2.45) is 5.92 Å². The monoisotopic (exact) mass is 506 g/mol. The molecule has 0 bridgehead atoms. The van der Waals surface area contributed by atoms with Crippen LogP contribution in [0, 0.1) is 5.92 Å². The summed E-state index contributed by atoms with van der Waals surface area (Å²) in [4.78, 5) is 42.2. The number of Topliss-reactive ketones (excluding diaryl/α,β-unsaturated/α-hetero) is 1. The van der Waals surface area contributed by atoms with Crippen LogP contribution in [0.4, 0.5) is 0 Å². The van der Waals surface area contributed by atoms with Crippen LogP contribution >= 0.6 is 0 Å². The fourth-order valence-electron chi connectivity index (χ4n) is 4.08. The lowest BCUT2D eigenvalue weighted by Crippen LogP contribution is -2.55. The first-order valence-corrected chi connectivity index (χ1v) is 12.7. The van der Waals surface area contributed by atoms with E-state index >= 15 is 0 Å². The molecule has 0 fully saturated rings. The standard InChI is InChI=1S/C28H46N2O6/c1-10-19(2)24(30(9)18-22-14-12-11-13-15-22)25(33)35-28(16-20(3)31,17-23(32)21(4)29-8)26(34)36-27(5,6)7/h11-15,19-21,24,29,31H,10,16-18H2,1-9H3/t19-,20?,21-,24-,28?/m0/s1. The van der Waals surface area contributed by atoms with Crippen LogP contribution in [0.5, 0.6) is 0 Å². The summed E-state index contributed by atoms with van der Waals surface area (Å²) in [5.74, 6) is -1.88. The Kier molecular flexibility index (Phi) is 12.2. The molecule has 2 unspecified atom stereocenters. The molecule has 0 saturated carbocycles. The van der Waals surface area contributed by atoms with Gasteiger partial charge in [0.1, 0.15) is 11.6 Å². The molecule has 5 atom stereocenters. The maximum atomic E-state index is 13.8. The second-order valence-electron chi connectivity index (χ2n) is 10.9. The first-order valence-electron chi connectivity index (χ1n) is 12.7. The molecule has 0 radical (unpaired) electrons. The van der Waals surface area contributed by atoms with Gasteiger partial charge in [-0.15, -0.1) is 0 Å². The highest BCUT2D eigenvalue weighted by Crippen LogP contribution is 2.31. The second-order valence-corrected chi connectivity index (χ2v) is 10.9. The maximum Gasteiger partial charge on any atom is 0.351 e. The zero-order valence-electron chi connectivity index (χ0n) is 23.5. The summed E-state index contributed by atoms with van der Waals surface area (Å²) < 4.78 is 11.6. The molecule has 1 aromatic rings. The Morgan fingerprint density at radius 3 is 2.11 bits per heavy atom. The van der Waals surface area contributed by atoms with Gasteiger partial charge in [-0.1, -0.05) is 50.6 Å². The van der Waals surface area contributed by atoms with Gasteiger partial charge in [0.25, 0.3) is 0 Å². The average Bonchev–Trinajstić information content (AvgIpc) is 2.77. The third-order valence-electron chi connectivity index (χ3n) is 6.24. The number of likely N-dealkylation sites (N-methyl/N-ethyl adjacent to an activating group) is 2. The van der Waals surface area contributed by atoms with Crippen molar-refractivity contribution in [1.29, 1.82) is 0 Å². The smallest absolute Gasteiger partial charge is 0.351 e. The minimum Gasteiger partial charge on any atom is -0.457 e. The minimum absolute atomic E-state index is 0.0963. The van der Waals surface area contributed by atoms with Gasteiger partial charge < -0.3 is 19.9 Å². The molecular weight excluding hydrogens is 460 g/mol. The molecule has 0 heterocycles. The third kappa shape index (κ3) is 9.64. The lowest BCUT2D eigenvalue weighted by Gasteiger charge is -2.38. The highest BCUT2D eigenvalue weighted by molar-refractivity contribution is 5.93. The Labute approximate surface area is 216 Å². The van der Waals surface area contributed by atoms with Crippen molar-refractivity contribution in [3.8, 4) is 0 Å². The first-order chi connectivity index (χ1) is 16.7. The van der Waals surface area contributed by atoms with Crippen LogP contribution in [-0.4, -0.2) is 71.2 Å². The molecule has 2 N–H and O–H groups in total. The van der Waals surface area contributed by atoms with E-state index in [1.807, 2.05) is 56.1 Å². The van der Waals surface area contributed by atoms with Crippen molar-refractivity contribution < 1.29 is 29.0 Å². The lowest BCUT2D eigenvalue weighted by molar-refractivity contribution is -0.199. The van der Waals surface area contributed by atoms with Gasteiger partial charge in [0, 0.05) is 13.0 Å². The van der Waals surface area contributed by atoms with E-state index in [2.05, 4.69) is 5.32 Å². The summed E-state index contributed by atoms with van der Waals surface area (Å²) >= 11 is 0. The minimum atomic E-state index is -1.96. The van der Waals surface area contributed by atoms with Gasteiger partial charge in [-0.3, -0.25) is 14.5 Å². The highest BCUT2D eigenvalue weighted by Gasteiger charge is 2.50. The van der Waals surface area contributed by atoms with E-state index in [0.29, 0.717) is 13.0 Å². The zero-order chi connectivity index (χ0) is 27.7. The number of hydrogen-bond acceptors (Lipinski definition) is 8. The predicted octanol–water partition coefficient (Wildman–Crippen LogP) is 3.49. The summed E-state index contributed by atoms with van der Waals surface area (Å²) in [6, 6.07) is 8.50. The quantitative estimate of drug-likeness (QED) is 0.370. The van der Waals surface area contributed by atoms with Gasteiger partial charge in [0.2, 0.25) is 5.60 Å². The van der Waals surface area contributed by atoms with Crippen molar-refractivity contribution in [3.63, 3.8) is 0 Å². The van der Waals surface area contributed by atoms with Crippen LogP contribution in [0.15, 0.2) is 30.3 Å². The number of benzene rings is 1. The Hall–Kier alpha value is -2.29. The number of aliphatic hydroxyl groups excluding tert-OH is 1. The number of ether oxygens (including phenoxy) is 2. The number of rotatable bonds is 14. The topological polar surface area (TPSA) is 105 Å². The highest BCUT2D eigenvalue weighted by atomic mass is 16.6. The summed E-state index contributed by atoms with van der Waals surface area (Å²) in [6.45, 7) is 12.7. The van der Waals surface area contributed by atoms with E-state index in [1.165, 1.54) is 6.92 Å². The van der Waals surface area contributed by atoms with Crippen molar-refractivity contribution in [2.75, 3.05) is 14.1 Å². The van der Waals surface area contributed by atoms with Gasteiger partial charge in [0.05, 0.1) is 18.6 Å². The Bertz CT molecular complexity index is 851. The van der Waals surface area contributed by atoms with Gasteiger partial charge in [-0.25, -0.2) is 4.79 Å². The second kappa shape index (κ2) is 13.9. The molecule has 0 aromatic heterocycles. The van der Waals surface area contributed by atoms with Crippen LogP contribution in [-0.2, 0) is 30.4 Å². The van der Waals surface area contributed by atoms with E-state index in [9.17, 15) is 19.5 Å². The van der Waals surface area contributed by atoms with E-state index < -0.39 is 47.7 Å². The molecule has 0 spiro atoms. The van der Waals surface area contributed by atoms with Gasteiger partial charge in [0.15, 0.2) is 5.78 Å². The SMILES string of the molecule is CC[C@H](C)[C@@H](C(=O)OC(CC(=O)[C@H](C)NC)(CC(C)O)C(=O)OC(C)(C)C)N(C)Cc1ccccc1. The number of aliphatic hydroxyl groups is 1. The molecule has 8 nitrogen and oxygen atoms in total. The normalized spacial score (nSPS) is 17.0. The molecule has 204 valence electrons. The number of carbonyl (C=O) groups is 3. The van der Waals surface area contributed by atoms with Crippen molar-refractivity contribution in [2.45, 2.75) is 104 Å². The molecule has 0 saturated heterocycles. The van der Waals surface area contributed by atoms with Crippen molar-refractivity contribution in [3.05, 3.63) is 35.9 Å². The fourth-order valence-corrected chi connectivity index (χ4v) is 4.08. The van der Waals surface area contributed by atoms with Crippen molar-refractivity contribution in [1.82, 2.24) is 10.2 Å². The van der Waals surface area contributed by atoms with Crippen LogP contribution in [0.3, 0.4) is 0 Å². The van der Waals surface area contributed by atoms with Crippen LogP contribution < -0.4 is 5.32 Å². The number of hydrogen-bond donors (Lipinski definition) is 2. The van der Waals surface area contributed by atoms with E-state index in [4.69, 9.17) is 9.47 Å². The molecule has 36 heavy (non-hydrogen) atoms. The van der Waals surface area contributed by atoms with Gasteiger partial charge in [-0.05, 0) is 60.2 Å². The fraction of sp³-hybridized carbons (Fsp3) is 0.679. The van der Waals surface area contributed by atoms with E-state index in [0.717, 1.165) is 5.56 Å². The molecule has 0 amide bonds. The van der Waals surface area contributed by atoms with Crippen molar-refractivity contribution >= 4 is 17.7 Å². The Morgan fingerprint density at radius 2 is 1.64 bits per heavy atom. The van der Waals surface area contributed by atoms with E-state index in [-0.39, 0.29) is 18.1 Å². The molecule has 0 aliphatic carbocycles. The summed E-state index contributed by atoms with van der Waals surface area (Å²) in [6.07, 6.45) is -0.987. The molecule has 0 aliphatic rings. The van der Waals surface area contributed by atoms with Crippen LogP contribution in [0.25, 0.3) is 0 Å². The first kappa shape index (κ1) is 31.7. The Morgan fingerprint density at radius 1 is 1.06 bits per heavy atom. The Balaban J connectivity index is 3.45. The van der Waals surface area contributed by atoms with Crippen LogP contribution in [0.2, 0.25) is 0 Å². The molecule has 1 aromatic carbocycles. The predicted molar refractivity (Wildman–Crippen MR) is 140 cm³/mol. The zero-order valence-corrected chi connectivity index (χ0v) is 23.5.